The van der Waals surface area contributed by atoms with E-state index in [1.807, 2.05) is 13.0 Å². The van der Waals surface area contributed by atoms with Crippen LogP contribution in [0, 0.1) is 13.8 Å². The van der Waals surface area contributed by atoms with Gasteiger partial charge in [0, 0.05) is 11.9 Å². The molecule has 0 saturated heterocycles. The number of aromatic nitrogens is 3. The maximum atomic E-state index is 11.1. The Labute approximate surface area is 68.8 Å². The third-order valence-corrected chi connectivity index (χ3v) is 1.87. The van der Waals surface area contributed by atoms with Gasteiger partial charge in [-0.3, -0.25) is 9.89 Å². The predicted molar refractivity (Wildman–Crippen MR) is 45.3 cm³/mol. The van der Waals surface area contributed by atoms with Crippen molar-refractivity contribution < 1.29 is 0 Å². The molecule has 0 atom stereocenters. The highest BCUT2D eigenvalue weighted by Crippen LogP contribution is 2.01. The van der Waals surface area contributed by atoms with Gasteiger partial charge in [-0.25, -0.2) is 9.50 Å². The summed E-state index contributed by atoms with van der Waals surface area (Å²) in [6, 6.07) is 1.85. The molecular formula is C8H9N3O. The van der Waals surface area contributed by atoms with Crippen LogP contribution < -0.4 is 5.56 Å². The van der Waals surface area contributed by atoms with Gasteiger partial charge in [0.1, 0.15) is 0 Å². The van der Waals surface area contributed by atoms with Crippen molar-refractivity contribution in [3.63, 3.8) is 0 Å². The normalized spacial score (nSPS) is 10.8. The highest BCUT2D eigenvalue weighted by atomic mass is 16.1. The Morgan fingerprint density at radius 1 is 1.50 bits per heavy atom. The first-order valence-corrected chi connectivity index (χ1v) is 3.73. The Morgan fingerprint density at radius 3 is 3.00 bits per heavy atom. The average Bonchev–Trinajstić information content (AvgIpc) is 2.31. The molecule has 2 heterocycles. The quantitative estimate of drug-likeness (QED) is 0.619. The topological polar surface area (TPSA) is 50.2 Å². The monoisotopic (exact) mass is 163 g/mol. The molecule has 2 aromatic heterocycles. The van der Waals surface area contributed by atoms with Crippen LogP contribution in [0.2, 0.25) is 0 Å². The Balaban J connectivity index is 2.98. The van der Waals surface area contributed by atoms with Gasteiger partial charge < -0.3 is 0 Å². The maximum absolute atomic E-state index is 11.1. The number of aryl methyl sites for hydroxylation is 2. The first kappa shape index (κ1) is 7.09. The van der Waals surface area contributed by atoms with E-state index in [9.17, 15) is 4.79 Å². The van der Waals surface area contributed by atoms with Gasteiger partial charge in [0.25, 0.3) is 5.56 Å². The molecule has 0 aliphatic carbocycles. The second-order valence-electron chi connectivity index (χ2n) is 2.83. The minimum atomic E-state index is -0.0758. The second-order valence-corrected chi connectivity index (χ2v) is 2.83. The Hall–Kier alpha value is -1.58. The molecule has 0 bridgehead atoms. The lowest BCUT2D eigenvalue weighted by molar-refractivity contribution is 0.912. The van der Waals surface area contributed by atoms with Gasteiger partial charge in [-0.15, -0.1) is 0 Å². The molecule has 0 radical (unpaired) electrons. The van der Waals surface area contributed by atoms with E-state index in [1.165, 1.54) is 0 Å². The molecule has 0 saturated carbocycles. The lowest BCUT2D eigenvalue weighted by atomic mass is 10.4. The van der Waals surface area contributed by atoms with Crippen LogP contribution in [-0.2, 0) is 0 Å². The van der Waals surface area contributed by atoms with Crippen LogP contribution in [0.15, 0.2) is 17.1 Å². The van der Waals surface area contributed by atoms with Crippen LogP contribution in [0.5, 0.6) is 0 Å². The summed E-state index contributed by atoms with van der Waals surface area (Å²) in [6.45, 7) is 3.66. The second kappa shape index (κ2) is 2.20. The number of nitrogens with zero attached hydrogens (tertiary/aromatic N) is 2. The van der Waals surface area contributed by atoms with E-state index in [-0.39, 0.29) is 5.56 Å². The van der Waals surface area contributed by atoms with Crippen molar-refractivity contribution in [1.29, 1.82) is 0 Å². The van der Waals surface area contributed by atoms with Gasteiger partial charge in [-0.2, -0.15) is 0 Å². The van der Waals surface area contributed by atoms with Crippen LogP contribution in [0.3, 0.4) is 0 Å². The molecule has 1 N–H and O–H groups in total. The first-order chi connectivity index (χ1) is 5.68. The number of aromatic amines is 1. The summed E-state index contributed by atoms with van der Waals surface area (Å²) in [5.74, 6) is 0. The molecule has 62 valence electrons. The molecule has 2 rings (SSSR count). The summed E-state index contributed by atoms with van der Waals surface area (Å²) in [5, 5.41) is 2.65. The molecule has 4 heteroatoms. The summed E-state index contributed by atoms with van der Waals surface area (Å²) >= 11 is 0. The van der Waals surface area contributed by atoms with E-state index >= 15 is 0 Å². The molecule has 0 unspecified atom stereocenters. The minimum Gasteiger partial charge on any atom is -0.268 e. The fraction of sp³-hybridized carbons (Fsp3) is 0.250. The maximum Gasteiger partial charge on any atom is 0.269 e. The van der Waals surface area contributed by atoms with Gasteiger partial charge in [0.2, 0.25) is 0 Å². The SMILES string of the molecule is Cc1ccn2[nH]c(=O)c(C)c2n1. The lowest BCUT2D eigenvalue weighted by Crippen LogP contribution is -2.01. The molecule has 0 aromatic carbocycles. The Morgan fingerprint density at radius 2 is 2.25 bits per heavy atom. The first-order valence-electron chi connectivity index (χ1n) is 3.73. The third kappa shape index (κ3) is 0.845. The van der Waals surface area contributed by atoms with Crippen molar-refractivity contribution >= 4 is 5.65 Å². The van der Waals surface area contributed by atoms with E-state index in [1.54, 1.807) is 17.6 Å². The van der Waals surface area contributed by atoms with Gasteiger partial charge in [0.05, 0.1) is 5.56 Å². The highest BCUT2D eigenvalue weighted by Gasteiger charge is 2.03. The zero-order valence-corrected chi connectivity index (χ0v) is 6.96. The van der Waals surface area contributed by atoms with Crippen LogP contribution in [-0.4, -0.2) is 14.6 Å². The number of hydrogen-bond acceptors (Lipinski definition) is 2. The molecule has 4 nitrogen and oxygen atoms in total. The summed E-state index contributed by atoms with van der Waals surface area (Å²) in [6.07, 6.45) is 1.80. The molecular weight excluding hydrogens is 154 g/mol. The van der Waals surface area contributed by atoms with Crippen molar-refractivity contribution in [2.45, 2.75) is 13.8 Å². The standard InChI is InChI=1S/C8H9N3O/c1-5-3-4-11-7(9-5)6(2)8(12)10-11/h3-4H,1-2H3,(H,10,12). The van der Waals surface area contributed by atoms with E-state index in [0.29, 0.717) is 11.2 Å². The molecule has 0 fully saturated rings. The fourth-order valence-corrected chi connectivity index (χ4v) is 1.16. The number of rotatable bonds is 0. The third-order valence-electron chi connectivity index (χ3n) is 1.87. The van der Waals surface area contributed by atoms with Crippen LogP contribution in [0.1, 0.15) is 11.3 Å². The molecule has 2 aromatic rings. The Kier molecular flexibility index (Phi) is 1.30. The molecule has 0 spiro atoms. The largest absolute Gasteiger partial charge is 0.269 e. The van der Waals surface area contributed by atoms with Crippen LogP contribution in [0.25, 0.3) is 5.65 Å². The Bertz CT molecular complexity index is 480. The van der Waals surface area contributed by atoms with Gasteiger partial charge in [-0.05, 0) is 19.9 Å². The zero-order valence-electron chi connectivity index (χ0n) is 6.96. The van der Waals surface area contributed by atoms with Crippen LogP contribution >= 0.6 is 0 Å². The lowest BCUT2D eigenvalue weighted by Gasteiger charge is -1.94. The number of nitrogens with one attached hydrogen (secondary N) is 1. The minimum absolute atomic E-state index is 0.0758. The average molecular weight is 163 g/mol. The van der Waals surface area contributed by atoms with E-state index < -0.39 is 0 Å². The van der Waals surface area contributed by atoms with Gasteiger partial charge >= 0.3 is 0 Å². The predicted octanol–water partition coefficient (Wildman–Crippen LogP) is 0.639. The zero-order chi connectivity index (χ0) is 8.72. The number of H-pyrrole nitrogens is 1. The number of fused-ring (bicyclic) bond motifs is 1. The van der Waals surface area contributed by atoms with E-state index in [2.05, 4.69) is 10.1 Å². The summed E-state index contributed by atoms with van der Waals surface area (Å²) in [7, 11) is 0. The van der Waals surface area contributed by atoms with E-state index in [0.717, 1.165) is 5.69 Å². The summed E-state index contributed by atoms with van der Waals surface area (Å²) in [5.41, 5.74) is 2.21. The van der Waals surface area contributed by atoms with Crippen molar-refractivity contribution in [1.82, 2.24) is 14.6 Å². The molecule has 0 aliphatic rings. The fourth-order valence-electron chi connectivity index (χ4n) is 1.16. The van der Waals surface area contributed by atoms with Crippen molar-refractivity contribution in [2.24, 2.45) is 0 Å². The van der Waals surface area contributed by atoms with Crippen LogP contribution in [0.4, 0.5) is 0 Å². The van der Waals surface area contributed by atoms with Gasteiger partial charge in [0.15, 0.2) is 5.65 Å². The molecule has 0 amide bonds. The van der Waals surface area contributed by atoms with Crippen molar-refractivity contribution in [3.8, 4) is 0 Å². The molecule has 0 aliphatic heterocycles. The highest BCUT2D eigenvalue weighted by molar-refractivity contribution is 5.45. The van der Waals surface area contributed by atoms with Crippen molar-refractivity contribution in [2.75, 3.05) is 0 Å². The smallest absolute Gasteiger partial charge is 0.268 e. The van der Waals surface area contributed by atoms with E-state index in [4.69, 9.17) is 0 Å². The summed E-state index contributed by atoms with van der Waals surface area (Å²) < 4.78 is 1.63. The molecule has 12 heavy (non-hydrogen) atoms. The number of hydrogen-bond donors (Lipinski definition) is 1. The summed E-state index contributed by atoms with van der Waals surface area (Å²) in [4.78, 5) is 15.4. The van der Waals surface area contributed by atoms with Gasteiger partial charge in [-0.1, -0.05) is 0 Å². The van der Waals surface area contributed by atoms with Crippen molar-refractivity contribution in [3.05, 3.63) is 33.9 Å².